The SMILES string of the molecule is CCCCCCCCCCCCCCCCCCOC(=O)C(CC(C)C)NC(=O)C(CC(C)C)NC(=O)C(F)(F)C(F)(F)F. The van der Waals surface area contributed by atoms with Gasteiger partial charge in [0, 0.05) is 0 Å². The minimum atomic E-state index is -6.10. The van der Waals surface area contributed by atoms with Crippen molar-refractivity contribution in [3.8, 4) is 0 Å². The molecule has 0 aliphatic heterocycles. The second-order valence-corrected chi connectivity index (χ2v) is 12.9. The molecule has 0 saturated carbocycles. The summed E-state index contributed by atoms with van der Waals surface area (Å²) in [7, 11) is 0. The maximum Gasteiger partial charge on any atom is 0.463 e. The first kappa shape index (κ1) is 42.1. The van der Waals surface area contributed by atoms with Crippen LogP contribution >= 0.6 is 0 Å². The van der Waals surface area contributed by atoms with E-state index in [-0.39, 0.29) is 31.3 Å². The van der Waals surface area contributed by atoms with Gasteiger partial charge in [0.05, 0.1) is 6.61 Å². The number of carbonyl (C=O) groups is 3. The molecule has 0 aromatic heterocycles. The summed E-state index contributed by atoms with van der Waals surface area (Å²) in [6.45, 7) is 9.24. The van der Waals surface area contributed by atoms with Crippen LogP contribution in [0.15, 0.2) is 0 Å². The van der Waals surface area contributed by atoms with Gasteiger partial charge in [-0.25, -0.2) is 4.79 Å². The highest BCUT2D eigenvalue weighted by Crippen LogP contribution is 2.35. The number of hydrogen-bond acceptors (Lipinski definition) is 4. The second kappa shape index (κ2) is 23.4. The number of unbranched alkanes of at least 4 members (excludes halogenated alkanes) is 15. The number of hydrogen-bond donors (Lipinski definition) is 2. The molecule has 0 aromatic carbocycles. The first-order chi connectivity index (χ1) is 20.6. The molecule has 0 aromatic rings. The molecular weight excluding hydrogens is 583 g/mol. The molecule has 0 heterocycles. The fourth-order valence-electron chi connectivity index (χ4n) is 4.96. The van der Waals surface area contributed by atoms with Crippen LogP contribution in [0.1, 0.15) is 150 Å². The Balaban J connectivity index is 4.46. The Morgan fingerprint density at radius 3 is 1.36 bits per heavy atom. The monoisotopic (exact) mass is 642 g/mol. The molecule has 2 amide bonds. The summed E-state index contributed by atoms with van der Waals surface area (Å²) in [6.07, 6.45) is 13.3. The predicted molar refractivity (Wildman–Crippen MR) is 164 cm³/mol. The van der Waals surface area contributed by atoms with E-state index >= 15 is 0 Å². The standard InChI is InChI=1S/C33H59F5N2O4/c1-6-7-8-9-10-11-12-13-14-15-16-17-18-19-20-21-22-44-30(42)28(24-26(4)5)39-29(41)27(23-25(2)3)40-31(43)32(34,35)33(36,37)38/h25-28H,6-24H2,1-5H3,(H,39,41)(H,40,43). The highest BCUT2D eigenvalue weighted by atomic mass is 19.4. The molecule has 0 radical (unpaired) electrons. The zero-order chi connectivity index (χ0) is 33.6. The Morgan fingerprint density at radius 1 is 0.591 bits per heavy atom. The third kappa shape index (κ3) is 19.4. The van der Waals surface area contributed by atoms with Gasteiger partial charge in [-0.15, -0.1) is 0 Å². The number of esters is 1. The normalized spacial score (nSPS) is 13.6. The Kier molecular flexibility index (Phi) is 22.4. The van der Waals surface area contributed by atoms with Crippen molar-refractivity contribution in [2.75, 3.05) is 6.61 Å². The van der Waals surface area contributed by atoms with Crippen molar-refractivity contribution in [2.24, 2.45) is 11.8 Å². The van der Waals surface area contributed by atoms with E-state index in [1.165, 1.54) is 82.4 Å². The lowest BCUT2D eigenvalue weighted by atomic mass is 10.00. The maximum absolute atomic E-state index is 13.5. The average molecular weight is 643 g/mol. The molecule has 0 aliphatic rings. The Bertz CT molecular complexity index is 791. The number of ether oxygens (including phenoxy) is 1. The van der Waals surface area contributed by atoms with Gasteiger partial charge in [0.1, 0.15) is 12.1 Å². The number of amides is 2. The Labute approximate surface area is 262 Å². The van der Waals surface area contributed by atoms with E-state index in [1.807, 2.05) is 0 Å². The van der Waals surface area contributed by atoms with E-state index in [9.17, 15) is 36.3 Å². The molecule has 0 saturated heterocycles. The number of alkyl halides is 5. The van der Waals surface area contributed by atoms with E-state index in [0.717, 1.165) is 19.3 Å². The van der Waals surface area contributed by atoms with Crippen molar-refractivity contribution in [1.82, 2.24) is 10.6 Å². The highest BCUT2D eigenvalue weighted by molar-refractivity contribution is 5.92. The average Bonchev–Trinajstić information content (AvgIpc) is 2.92. The van der Waals surface area contributed by atoms with Crippen molar-refractivity contribution in [3.05, 3.63) is 0 Å². The number of carbonyl (C=O) groups excluding carboxylic acids is 3. The summed E-state index contributed by atoms with van der Waals surface area (Å²) in [4.78, 5) is 37.3. The molecule has 260 valence electrons. The maximum atomic E-state index is 13.5. The van der Waals surface area contributed by atoms with Crippen LogP contribution in [0.4, 0.5) is 22.0 Å². The van der Waals surface area contributed by atoms with Crippen LogP contribution < -0.4 is 10.6 Å². The molecule has 2 N–H and O–H groups in total. The van der Waals surface area contributed by atoms with E-state index < -0.39 is 42.0 Å². The molecule has 0 fully saturated rings. The Hall–Kier alpha value is -1.94. The van der Waals surface area contributed by atoms with Crippen LogP contribution in [0.3, 0.4) is 0 Å². The van der Waals surface area contributed by atoms with Crippen LogP contribution in [-0.4, -0.2) is 48.6 Å². The highest BCUT2D eigenvalue weighted by Gasteiger charge is 2.63. The van der Waals surface area contributed by atoms with Crippen LogP contribution in [0.2, 0.25) is 0 Å². The van der Waals surface area contributed by atoms with Crippen LogP contribution in [-0.2, 0) is 19.1 Å². The summed E-state index contributed by atoms with van der Waals surface area (Å²) in [5, 5.41) is 3.92. The Morgan fingerprint density at radius 2 is 0.977 bits per heavy atom. The van der Waals surface area contributed by atoms with Gasteiger partial charge >= 0.3 is 24.0 Å². The van der Waals surface area contributed by atoms with Crippen LogP contribution in [0.25, 0.3) is 0 Å². The topological polar surface area (TPSA) is 84.5 Å². The van der Waals surface area contributed by atoms with E-state index in [2.05, 4.69) is 12.2 Å². The van der Waals surface area contributed by atoms with Crippen molar-refractivity contribution in [2.45, 2.75) is 174 Å². The molecule has 0 aliphatic carbocycles. The zero-order valence-corrected chi connectivity index (χ0v) is 27.8. The predicted octanol–water partition coefficient (Wildman–Crippen LogP) is 9.05. The molecule has 0 bridgehead atoms. The first-order valence-electron chi connectivity index (χ1n) is 16.9. The van der Waals surface area contributed by atoms with Crippen LogP contribution in [0, 0.1) is 11.8 Å². The zero-order valence-electron chi connectivity index (χ0n) is 27.8. The largest absolute Gasteiger partial charge is 0.464 e. The van der Waals surface area contributed by atoms with Crippen molar-refractivity contribution in [3.63, 3.8) is 0 Å². The fraction of sp³-hybridized carbons (Fsp3) is 0.909. The first-order valence-corrected chi connectivity index (χ1v) is 16.9. The van der Waals surface area contributed by atoms with Gasteiger partial charge in [0.15, 0.2) is 0 Å². The van der Waals surface area contributed by atoms with Gasteiger partial charge in [0.25, 0.3) is 0 Å². The molecule has 11 heteroatoms. The third-order valence-electron chi connectivity index (χ3n) is 7.52. The molecule has 2 atom stereocenters. The number of rotatable bonds is 26. The lowest BCUT2D eigenvalue weighted by Crippen LogP contribution is -2.58. The molecule has 0 rings (SSSR count). The van der Waals surface area contributed by atoms with Gasteiger partial charge in [-0.3, -0.25) is 9.59 Å². The summed E-state index contributed by atoms with van der Waals surface area (Å²) in [6, 6.07) is -2.81. The lowest BCUT2D eigenvalue weighted by Gasteiger charge is -2.26. The van der Waals surface area contributed by atoms with Gasteiger partial charge in [0.2, 0.25) is 5.91 Å². The van der Waals surface area contributed by atoms with Crippen molar-refractivity contribution in [1.29, 1.82) is 0 Å². The van der Waals surface area contributed by atoms with Gasteiger partial charge < -0.3 is 15.4 Å². The molecule has 6 nitrogen and oxygen atoms in total. The van der Waals surface area contributed by atoms with E-state index in [0.29, 0.717) is 6.42 Å². The van der Waals surface area contributed by atoms with Gasteiger partial charge in [-0.2, -0.15) is 22.0 Å². The van der Waals surface area contributed by atoms with E-state index in [4.69, 9.17) is 4.74 Å². The van der Waals surface area contributed by atoms with Crippen molar-refractivity contribution < 1.29 is 41.1 Å². The van der Waals surface area contributed by atoms with Gasteiger partial charge in [-0.05, 0) is 31.1 Å². The van der Waals surface area contributed by atoms with Crippen LogP contribution in [0.5, 0.6) is 0 Å². The minimum Gasteiger partial charge on any atom is -0.464 e. The lowest BCUT2D eigenvalue weighted by molar-refractivity contribution is -0.270. The molecule has 44 heavy (non-hydrogen) atoms. The summed E-state index contributed by atoms with van der Waals surface area (Å²) < 4.78 is 70.3. The van der Waals surface area contributed by atoms with Gasteiger partial charge in [-0.1, -0.05) is 131 Å². The fourth-order valence-corrected chi connectivity index (χ4v) is 4.96. The molecular formula is C33H59F5N2O4. The molecule has 0 spiro atoms. The van der Waals surface area contributed by atoms with Crippen molar-refractivity contribution >= 4 is 17.8 Å². The third-order valence-corrected chi connectivity index (χ3v) is 7.52. The number of halogens is 5. The quantitative estimate of drug-likeness (QED) is 0.0560. The summed E-state index contributed by atoms with van der Waals surface area (Å²) in [5.41, 5.74) is 0. The summed E-state index contributed by atoms with van der Waals surface area (Å²) >= 11 is 0. The minimum absolute atomic E-state index is 0.0592. The van der Waals surface area contributed by atoms with E-state index in [1.54, 1.807) is 27.7 Å². The smallest absolute Gasteiger partial charge is 0.463 e. The second-order valence-electron chi connectivity index (χ2n) is 12.9. The molecule has 2 unspecified atom stereocenters. The number of nitrogens with one attached hydrogen (secondary N) is 2. The summed E-state index contributed by atoms with van der Waals surface area (Å²) in [5.74, 6) is -10.4.